The highest BCUT2D eigenvalue weighted by molar-refractivity contribution is 7.10. The van der Waals surface area contributed by atoms with Crippen molar-refractivity contribution in [1.29, 1.82) is 0 Å². The van der Waals surface area contributed by atoms with Crippen LogP contribution in [0.1, 0.15) is 41.5 Å². The molecule has 2 aromatic rings. The van der Waals surface area contributed by atoms with Crippen LogP contribution >= 0.6 is 34.5 Å². The molecule has 0 saturated heterocycles. The van der Waals surface area contributed by atoms with Gasteiger partial charge in [-0.2, -0.15) is 0 Å². The Morgan fingerprint density at radius 3 is 2.60 bits per heavy atom. The summed E-state index contributed by atoms with van der Waals surface area (Å²) in [4.78, 5) is 26.3. The van der Waals surface area contributed by atoms with Gasteiger partial charge in [-0.05, 0) is 35.6 Å². The van der Waals surface area contributed by atoms with Crippen molar-refractivity contribution in [2.75, 3.05) is 0 Å². The minimum Gasteiger partial charge on any atom is -0.329 e. The maximum absolute atomic E-state index is 12.9. The third-order valence-corrected chi connectivity index (χ3v) is 6.60. The third-order valence-electron chi connectivity index (χ3n) is 4.83. The molecule has 0 fully saturated rings. The Morgan fingerprint density at radius 1 is 1.04 bits per heavy atom. The SMILES string of the molecule is O=C1C[C@@H](c2ccc(Cl)c(Cl)c2)C2=C(C[C@@H](c3cccs3)CC2=O)N1. The van der Waals surface area contributed by atoms with Gasteiger partial charge in [0.25, 0.3) is 0 Å². The number of allylic oxidation sites excluding steroid dienone is 2. The fourth-order valence-corrected chi connectivity index (χ4v) is 4.84. The van der Waals surface area contributed by atoms with Gasteiger partial charge < -0.3 is 5.32 Å². The van der Waals surface area contributed by atoms with Crippen molar-refractivity contribution in [1.82, 2.24) is 5.32 Å². The lowest BCUT2D eigenvalue weighted by atomic mass is 9.75. The van der Waals surface area contributed by atoms with Crippen LogP contribution < -0.4 is 5.32 Å². The number of nitrogens with one attached hydrogen (secondary N) is 1. The van der Waals surface area contributed by atoms with Crippen molar-refractivity contribution >= 4 is 46.2 Å². The highest BCUT2D eigenvalue weighted by Crippen LogP contribution is 2.44. The predicted molar refractivity (Wildman–Crippen MR) is 100 cm³/mol. The van der Waals surface area contributed by atoms with E-state index in [0.29, 0.717) is 22.9 Å². The summed E-state index contributed by atoms with van der Waals surface area (Å²) in [5.41, 5.74) is 2.35. The lowest BCUT2D eigenvalue weighted by Crippen LogP contribution is -2.38. The Balaban J connectivity index is 1.74. The van der Waals surface area contributed by atoms with Crippen LogP contribution in [0.3, 0.4) is 0 Å². The van der Waals surface area contributed by atoms with Crippen LogP contribution in [0.2, 0.25) is 10.0 Å². The van der Waals surface area contributed by atoms with Crippen LogP contribution in [0, 0.1) is 0 Å². The molecule has 1 aliphatic heterocycles. The number of amides is 1. The highest BCUT2D eigenvalue weighted by atomic mass is 35.5. The smallest absolute Gasteiger partial charge is 0.225 e. The molecule has 1 aromatic heterocycles. The molecule has 0 radical (unpaired) electrons. The summed E-state index contributed by atoms with van der Waals surface area (Å²) in [6.45, 7) is 0. The normalized spacial score (nSPS) is 23.4. The summed E-state index contributed by atoms with van der Waals surface area (Å²) in [5, 5.41) is 5.85. The van der Waals surface area contributed by atoms with Crippen molar-refractivity contribution in [2.24, 2.45) is 0 Å². The number of halogens is 2. The molecular weight excluding hydrogens is 377 g/mol. The molecule has 1 N–H and O–H groups in total. The van der Waals surface area contributed by atoms with Gasteiger partial charge in [0.05, 0.1) is 10.0 Å². The van der Waals surface area contributed by atoms with Gasteiger partial charge in [0, 0.05) is 40.8 Å². The second kappa shape index (κ2) is 6.60. The van der Waals surface area contributed by atoms with E-state index in [0.717, 1.165) is 16.8 Å². The highest BCUT2D eigenvalue weighted by Gasteiger charge is 2.38. The van der Waals surface area contributed by atoms with Gasteiger partial charge in [0.15, 0.2) is 5.78 Å². The van der Waals surface area contributed by atoms with Crippen molar-refractivity contribution in [3.05, 3.63) is 67.5 Å². The van der Waals surface area contributed by atoms with E-state index in [-0.39, 0.29) is 29.9 Å². The average molecular weight is 392 g/mol. The predicted octanol–water partition coefficient (Wildman–Crippen LogP) is 5.06. The van der Waals surface area contributed by atoms with E-state index in [1.807, 2.05) is 17.5 Å². The quantitative estimate of drug-likeness (QED) is 0.777. The molecule has 0 unspecified atom stereocenters. The fourth-order valence-electron chi connectivity index (χ4n) is 3.70. The second-order valence-electron chi connectivity index (χ2n) is 6.41. The van der Waals surface area contributed by atoms with Gasteiger partial charge in [-0.15, -0.1) is 11.3 Å². The standard InChI is InChI=1S/C19H15Cl2NO2S/c20-13-4-3-10(6-14(13)21)12-9-18(24)22-15-7-11(8-16(23)19(12)15)17-2-1-5-25-17/h1-6,11-12H,7-9H2,(H,22,24)/t11-,12+/m1/s1. The number of thiophene rings is 1. The molecule has 4 rings (SSSR count). The molecule has 1 amide bonds. The zero-order chi connectivity index (χ0) is 17.6. The van der Waals surface area contributed by atoms with Crippen LogP contribution in [0.15, 0.2) is 47.0 Å². The van der Waals surface area contributed by atoms with Crippen molar-refractivity contribution in [3.63, 3.8) is 0 Å². The maximum Gasteiger partial charge on any atom is 0.225 e. The van der Waals surface area contributed by atoms with Gasteiger partial charge >= 0.3 is 0 Å². The zero-order valence-electron chi connectivity index (χ0n) is 13.2. The Hall–Kier alpha value is -1.62. The van der Waals surface area contributed by atoms with Gasteiger partial charge in [-0.3, -0.25) is 9.59 Å². The van der Waals surface area contributed by atoms with E-state index in [1.165, 1.54) is 4.88 Å². The first-order chi connectivity index (χ1) is 12.0. The first-order valence-electron chi connectivity index (χ1n) is 8.07. The topological polar surface area (TPSA) is 46.2 Å². The third kappa shape index (κ3) is 3.14. The summed E-state index contributed by atoms with van der Waals surface area (Å²) in [6.07, 6.45) is 1.42. The van der Waals surface area contributed by atoms with Crippen LogP contribution in [-0.2, 0) is 9.59 Å². The van der Waals surface area contributed by atoms with Crippen molar-refractivity contribution in [3.8, 4) is 0 Å². The van der Waals surface area contributed by atoms with Gasteiger partial charge in [-0.1, -0.05) is 35.3 Å². The monoisotopic (exact) mass is 391 g/mol. The van der Waals surface area contributed by atoms with Crippen molar-refractivity contribution < 1.29 is 9.59 Å². The zero-order valence-corrected chi connectivity index (χ0v) is 15.5. The van der Waals surface area contributed by atoms with E-state index < -0.39 is 0 Å². The van der Waals surface area contributed by atoms with Crippen LogP contribution in [0.25, 0.3) is 0 Å². The molecule has 2 aliphatic rings. The summed E-state index contributed by atoms with van der Waals surface area (Å²) in [5.74, 6) is -0.0698. The first-order valence-corrected chi connectivity index (χ1v) is 9.71. The molecule has 0 saturated carbocycles. The molecule has 2 atom stereocenters. The number of rotatable bonds is 2. The molecule has 3 nitrogen and oxygen atoms in total. The van der Waals surface area contributed by atoms with Crippen molar-refractivity contribution in [2.45, 2.75) is 31.1 Å². The van der Waals surface area contributed by atoms with E-state index in [1.54, 1.807) is 23.5 Å². The Labute approximate surface area is 159 Å². The lowest BCUT2D eigenvalue weighted by Gasteiger charge is -2.34. The molecule has 0 spiro atoms. The van der Waals surface area contributed by atoms with Crippen LogP contribution in [0.4, 0.5) is 0 Å². The number of carbonyl (C=O) groups excluding carboxylic acids is 2. The fraction of sp³-hybridized carbons (Fsp3) is 0.263. The molecule has 128 valence electrons. The number of hydrogen-bond donors (Lipinski definition) is 1. The van der Waals surface area contributed by atoms with E-state index >= 15 is 0 Å². The molecule has 0 bridgehead atoms. The van der Waals surface area contributed by atoms with E-state index in [4.69, 9.17) is 23.2 Å². The number of ketones is 1. The Bertz CT molecular complexity index is 889. The first kappa shape index (κ1) is 16.8. The van der Waals surface area contributed by atoms with Gasteiger partial charge in [-0.25, -0.2) is 0 Å². The van der Waals surface area contributed by atoms with Gasteiger partial charge in [0.1, 0.15) is 0 Å². The summed E-state index contributed by atoms with van der Waals surface area (Å²) in [6, 6.07) is 9.37. The largest absolute Gasteiger partial charge is 0.329 e. The molecule has 1 aliphatic carbocycles. The lowest BCUT2D eigenvalue weighted by molar-refractivity contribution is -0.122. The molecule has 2 heterocycles. The van der Waals surface area contributed by atoms with E-state index in [2.05, 4.69) is 11.4 Å². The molecule has 6 heteroatoms. The average Bonchev–Trinajstić information content (AvgIpc) is 3.10. The van der Waals surface area contributed by atoms with Crippen LogP contribution in [0.5, 0.6) is 0 Å². The maximum atomic E-state index is 12.9. The number of Topliss-reactive ketones (excluding diaryl/α,β-unsaturated/α-hetero) is 1. The number of hydrogen-bond acceptors (Lipinski definition) is 3. The van der Waals surface area contributed by atoms with Crippen LogP contribution in [-0.4, -0.2) is 11.7 Å². The molecule has 1 aromatic carbocycles. The molecular formula is C19H15Cl2NO2S. The molecule has 25 heavy (non-hydrogen) atoms. The number of carbonyl (C=O) groups is 2. The summed E-state index contributed by atoms with van der Waals surface area (Å²) < 4.78 is 0. The minimum atomic E-state index is -0.254. The minimum absolute atomic E-state index is 0.0607. The summed E-state index contributed by atoms with van der Waals surface area (Å²) >= 11 is 13.8. The number of benzene rings is 1. The van der Waals surface area contributed by atoms with Gasteiger partial charge in [0.2, 0.25) is 5.91 Å². The second-order valence-corrected chi connectivity index (χ2v) is 8.21. The van der Waals surface area contributed by atoms with E-state index in [9.17, 15) is 9.59 Å². The Morgan fingerprint density at radius 2 is 1.88 bits per heavy atom. The Kier molecular flexibility index (Phi) is 4.44. The summed E-state index contributed by atoms with van der Waals surface area (Å²) in [7, 11) is 0.